The number of hydrogen-bond donors (Lipinski definition) is 2. The third-order valence-corrected chi connectivity index (χ3v) is 2.42. The number of aromatic nitrogens is 4. The van der Waals surface area contributed by atoms with Gasteiger partial charge >= 0.3 is 5.97 Å². The smallest absolute Gasteiger partial charge is 0.335 e. The average Bonchev–Trinajstić information content (AvgIpc) is 2.91. The molecule has 2 aromatic rings. The van der Waals surface area contributed by atoms with Gasteiger partial charge in [0.25, 0.3) is 0 Å². The number of aromatic carboxylic acids is 1. The number of methoxy groups -OCH3 is 1. The number of amides is 1. The van der Waals surface area contributed by atoms with Crippen molar-refractivity contribution in [1.82, 2.24) is 20.2 Å². The van der Waals surface area contributed by atoms with Gasteiger partial charge in [-0.1, -0.05) is 0 Å². The van der Waals surface area contributed by atoms with E-state index in [1.165, 1.54) is 36.3 Å². The van der Waals surface area contributed by atoms with Crippen LogP contribution in [-0.2, 0) is 11.3 Å². The van der Waals surface area contributed by atoms with E-state index < -0.39 is 11.9 Å². The lowest BCUT2D eigenvalue weighted by Crippen LogP contribution is -2.19. The summed E-state index contributed by atoms with van der Waals surface area (Å²) in [6.45, 7) is -0.0898. The lowest BCUT2D eigenvalue weighted by Gasteiger charge is -2.10. The number of carbonyl (C=O) groups excluding carboxylic acids is 1. The van der Waals surface area contributed by atoms with Crippen LogP contribution in [0.5, 0.6) is 5.75 Å². The number of nitrogens with one attached hydrogen (secondary N) is 1. The minimum Gasteiger partial charge on any atom is -0.495 e. The van der Waals surface area contributed by atoms with Crippen LogP contribution in [-0.4, -0.2) is 44.3 Å². The van der Waals surface area contributed by atoms with Gasteiger partial charge < -0.3 is 15.2 Å². The lowest BCUT2D eigenvalue weighted by atomic mass is 10.2. The van der Waals surface area contributed by atoms with E-state index in [0.717, 1.165) is 0 Å². The van der Waals surface area contributed by atoms with E-state index in [0.29, 0.717) is 5.75 Å². The topological polar surface area (TPSA) is 119 Å². The molecule has 2 N–H and O–H groups in total. The summed E-state index contributed by atoms with van der Waals surface area (Å²) in [7, 11) is 1.42. The molecule has 0 atom stereocenters. The van der Waals surface area contributed by atoms with Crippen molar-refractivity contribution in [2.75, 3.05) is 12.4 Å². The van der Waals surface area contributed by atoms with E-state index in [1.807, 2.05) is 0 Å². The Hall–Kier alpha value is -2.97. The molecular weight excluding hydrogens is 266 g/mol. The van der Waals surface area contributed by atoms with Gasteiger partial charge in [0.2, 0.25) is 5.91 Å². The van der Waals surface area contributed by atoms with Crippen LogP contribution in [0.4, 0.5) is 5.69 Å². The molecule has 1 aromatic carbocycles. The summed E-state index contributed by atoms with van der Waals surface area (Å²) in [6, 6.07) is 4.17. The first-order chi connectivity index (χ1) is 9.60. The lowest BCUT2D eigenvalue weighted by molar-refractivity contribution is -0.116. The number of carboxylic acids is 1. The first-order valence-corrected chi connectivity index (χ1v) is 5.52. The Morgan fingerprint density at radius 1 is 1.45 bits per heavy atom. The van der Waals surface area contributed by atoms with Gasteiger partial charge in [-0.2, -0.15) is 0 Å². The Morgan fingerprint density at radius 2 is 2.25 bits per heavy atom. The van der Waals surface area contributed by atoms with Crippen LogP contribution < -0.4 is 10.1 Å². The fourth-order valence-corrected chi connectivity index (χ4v) is 1.53. The molecule has 0 saturated carbocycles. The van der Waals surface area contributed by atoms with E-state index in [9.17, 15) is 9.59 Å². The van der Waals surface area contributed by atoms with Gasteiger partial charge in [0.15, 0.2) is 0 Å². The molecule has 1 aromatic heterocycles. The van der Waals surface area contributed by atoms with Crippen LogP contribution >= 0.6 is 0 Å². The molecule has 104 valence electrons. The van der Waals surface area contributed by atoms with Crippen LogP contribution in [0.3, 0.4) is 0 Å². The second-order valence-corrected chi connectivity index (χ2v) is 3.78. The van der Waals surface area contributed by atoms with Gasteiger partial charge in [0, 0.05) is 0 Å². The molecule has 9 heteroatoms. The second-order valence-electron chi connectivity index (χ2n) is 3.78. The Balaban J connectivity index is 2.16. The van der Waals surface area contributed by atoms with Crippen LogP contribution in [0.15, 0.2) is 24.5 Å². The van der Waals surface area contributed by atoms with Crippen molar-refractivity contribution in [3.63, 3.8) is 0 Å². The van der Waals surface area contributed by atoms with Crippen molar-refractivity contribution in [3.8, 4) is 5.75 Å². The van der Waals surface area contributed by atoms with Crippen molar-refractivity contribution >= 4 is 17.6 Å². The molecule has 0 spiro atoms. The zero-order chi connectivity index (χ0) is 14.5. The standard InChI is InChI=1S/C11H11N5O4/c1-20-9-3-2-7(11(18)19)4-8(9)13-10(17)5-16-6-12-14-15-16/h2-4,6H,5H2,1H3,(H,13,17)(H,18,19). The molecule has 0 aliphatic rings. The highest BCUT2D eigenvalue weighted by atomic mass is 16.5. The highest BCUT2D eigenvalue weighted by molar-refractivity contribution is 5.95. The quantitative estimate of drug-likeness (QED) is 0.790. The maximum absolute atomic E-state index is 11.8. The summed E-state index contributed by atoms with van der Waals surface area (Å²) >= 11 is 0. The Morgan fingerprint density at radius 3 is 2.85 bits per heavy atom. The number of hydrogen-bond acceptors (Lipinski definition) is 6. The van der Waals surface area contributed by atoms with Crippen LogP contribution in [0.1, 0.15) is 10.4 Å². The highest BCUT2D eigenvalue weighted by Crippen LogP contribution is 2.25. The van der Waals surface area contributed by atoms with E-state index in [-0.39, 0.29) is 17.8 Å². The number of anilines is 1. The van der Waals surface area contributed by atoms with Crippen molar-refractivity contribution in [2.24, 2.45) is 0 Å². The molecular formula is C11H11N5O4. The number of ether oxygens (including phenoxy) is 1. The molecule has 9 nitrogen and oxygen atoms in total. The van der Waals surface area contributed by atoms with Gasteiger partial charge in [-0.05, 0) is 28.6 Å². The third kappa shape index (κ3) is 3.07. The number of nitrogens with zero attached hydrogens (tertiary/aromatic N) is 4. The van der Waals surface area contributed by atoms with E-state index in [4.69, 9.17) is 9.84 Å². The summed E-state index contributed by atoms with van der Waals surface area (Å²) in [5, 5.41) is 21.8. The average molecular weight is 277 g/mol. The number of tetrazole rings is 1. The zero-order valence-electron chi connectivity index (χ0n) is 10.5. The number of benzene rings is 1. The SMILES string of the molecule is COc1ccc(C(=O)O)cc1NC(=O)Cn1cnnn1. The summed E-state index contributed by atoms with van der Waals surface area (Å²) in [5.41, 5.74) is 0.314. The largest absolute Gasteiger partial charge is 0.495 e. The Labute approximate surface area is 113 Å². The van der Waals surface area contributed by atoms with E-state index in [2.05, 4.69) is 20.8 Å². The molecule has 0 saturated heterocycles. The first kappa shape index (κ1) is 13.5. The molecule has 20 heavy (non-hydrogen) atoms. The van der Waals surface area contributed by atoms with Crippen molar-refractivity contribution in [2.45, 2.75) is 6.54 Å². The normalized spacial score (nSPS) is 10.1. The summed E-state index contributed by atoms with van der Waals surface area (Å²) in [5.74, 6) is -1.14. The molecule has 0 fully saturated rings. The predicted octanol–water partition coefficient (Wildman–Crippen LogP) is 0.0186. The third-order valence-electron chi connectivity index (χ3n) is 2.42. The van der Waals surface area contributed by atoms with E-state index >= 15 is 0 Å². The van der Waals surface area contributed by atoms with Crippen LogP contribution in [0.25, 0.3) is 0 Å². The highest BCUT2D eigenvalue weighted by Gasteiger charge is 2.12. The fraction of sp³-hybridized carbons (Fsp3) is 0.182. The molecule has 0 aliphatic heterocycles. The fourth-order valence-electron chi connectivity index (χ4n) is 1.53. The molecule has 0 unspecified atom stereocenters. The van der Waals surface area contributed by atoms with Crippen LogP contribution in [0, 0.1) is 0 Å². The monoisotopic (exact) mass is 277 g/mol. The zero-order valence-corrected chi connectivity index (χ0v) is 10.5. The van der Waals surface area contributed by atoms with E-state index in [1.54, 1.807) is 0 Å². The van der Waals surface area contributed by atoms with Gasteiger partial charge in [-0.3, -0.25) is 4.79 Å². The Kier molecular flexibility index (Phi) is 3.89. The number of carboxylic acid groups (broad SMARTS) is 1. The van der Waals surface area contributed by atoms with Crippen molar-refractivity contribution in [3.05, 3.63) is 30.1 Å². The molecule has 1 amide bonds. The van der Waals surface area contributed by atoms with Gasteiger partial charge in [-0.25, -0.2) is 9.48 Å². The molecule has 1 heterocycles. The molecule has 0 radical (unpaired) electrons. The first-order valence-electron chi connectivity index (χ1n) is 5.52. The summed E-state index contributed by atoms with van der Waals surface area (Å²) < 4.78 is 6.30. The van der Waals surface area contributed by atoms with Crippen molar-refractivity contribution in [1.29, 1.82) is 0 Å². The molecule has 2 rings (SSSR count). The molecule has 0 aliphatic carbocycles. The van der Waals surface area contributed by atoms with Gasteiger partial charge in [0.1, 0.15) is 18.6 Å². The number of carbonyl (C=O) groups is 2. The summed E-state index contributed by atoms with van der Waals surface area (Å²) in [6.07, 6.45) is 1.30. The van der Waals surface area contributed by atoms with Crippen LogP contribution in [0.2, 0.25) is 0 Å². The molecule has 0 bridgehead atoms. The second kappa shape index (κ2) is 5.78. The minimum absolute atomic E-state index is 0.0449. The maximum Gasteiger partial charge on any atom is 0.335 e. The predicted molar refractivity (Wildman–Crippen MR) is 66.4 cm³/mol. The van der Waals surface area contributed by atoms with Gasteiger partial charge in [0.05, 0.1) is 18.4 Å². The number of rotatable bonds is 5. The van der Waals surface area contributed by atoms with Crippen molar-refractivity contribution < 1.29 is 19.4 Å². The maximum atomic E-state index is 11.8. The van der Waals surface area contributed by atoms with Gasteiger partial charge in [-0.15, -0.1) is 5.10 Å². The Bertz CT molecular complexity index is 626. The minimum atomic E-state index is -1.09. The summed E-state index contributed by atoms with van der Waals surface area (Å²) in [4.78, 5) is 22.7.